The Hall–Kier alpha value is -3.16. The molecule has 6 nitrogen and oxygen atoms in total. The Balaban J connectivity index is 1.53. The molecule has 166 valence electrons. The van der Waals surface area contributed by atoms with Crippen LogP contribution in [-0.2, 0) is 21.2 Å². The van der Waals surface area contributed by atoms with Crippen LogP contribution < -0.4 is 10.1 Å². The summed E-state index contributed by atoms with van der Waals surface area (Å²) in [5.74, 6) is 0.273. The highest BCUT2D eigenvalue weighted by molar-refractivity contribution is 7.89. The zero-order chi connectivity index (χ0) is 22.6. The van der Waals surface area contributed by atoms with Crippen LogP contribution in [0.4, 0.5) is 5.69 Å². The number of para-hydroxylation sites is 1. The Bertz CT molecular complexity index is 1180. The summed E-state index contributed by atoms with van der Waals surface area (Å²) in [4.78, 5) is 13.3. The summed E-state index contributed by atoms with van der Waals surface area (Å²) < 4.78 is 32.9. The van der Waals surface area contributed by atoms with Crippen molar-refractivity contribution < 1.29 is 17.9 Å². The van der Waals surface area contributed by atoms with Gasteiger partial charge in [-0.15, -0.1) is 0 Å². The molecular weight excluding hydrogens is 424 g/mol. The third kappa shape index (κ3) is 4.69. The molecule has 0 spiro atoms. The molecule has 0 radical (unpaired) electrons. The average Bonchev–Trinajstić information content (AvgIpc) is 3.32. The van der Waals surface area contributed by atoms with Crippen molar-refractivity contribution in [1.82, 2.24) is 4.31 Å². The topological polar surface area (TPSA) is 75.7 Å². The van der Waals surface area contributed by atoms with E-state index >= 15 is 0 Å². The van der Waals surface area contributed by atoms with Crippen LogP contribution in [0.15, 0.2) is 83.8 Å². The van der Waals surface area contributed by atoms with Gasteiger partial charge in [0.2, 0.25) is 15.9 Å². The molecule has 4 rings (SSSR count). The molecule has 0 saturated carbocycles. The first-order chi connectivity index (χ1) is 15.5. The fraction of sp³-hybridized carbons (Fsp3) is 0.240. The molecule has 1 amide bonds. The van der Waals surface area contributed by atoms with Gasteiger partial charge < -0.3 is 10.1 Å². The second-order valence-corrected chi connectivity index (χ2v) is 9.65. The lowest BCUT2D eigenvalue weighted by Gasteiger charge is -2.24. The van der Waals surface area contributed by atoms with Crippen molar-refractivity contribution in [2.45, 2.75) is 30.2 Å². The summed E-state index contributed by atoms with van der Waals surface area (Å²) in [5.41, 5.74) is 2.82. The summed E-state index contributed by atoms with van der Waals surface area (Å²) in [7, 11) is -2.26. The maximum atomic E-state index is 13.2. The Labute approximate surface area is 188 Å². The van der Waals surface area contributed by atoms with E-state index in [4.69, 9.17) is 4.74 Å². The van der Waals surface area contributed by atoms with Crippen molar-refractivity contribution in [2.75, 3.05) is 19.0 Å². The predicted molar refractivity (Wildman–Crippen MR) is 124 cm³/mol. The largest absolute Gasteiger partial charge is 0.497 e. The Morgan fingerprint density at radius 3 is 2.41 bits per heavy atom. The van der Waals surface area contributed by atoms with Crippen molar-refractivity contribution in [3.8, 4) is 5.75 Å². The molecule has 0 aliphatic carbocycles. The van der Waals surface area contributed by atoms with Gasteiger partial charge in [-0.05, 0) is 60.7 Å². The molecule has 3 aromatic carbocycles. The van der Waals surface area contributed by atoms with Gasteiger partial charge in [0.1, 0.15) is 11.8 Å². The second kappa shape index (κ2) is 9.54. The standard InChI is InChI=1S/C25H26N2O4S/c1-31-21-13-15-22(16-14-21)32(29,30)27-17-7-12-24(27)25(28)26-23-11-6-5-10-20(23)18-19-8-3-2-4-9-19/h2-6,8-11,13-16,24H,7,12,17-18H2,1H3,(H,26,28)/t24-/m1/s1. The minimum atomic E-state index is -3.79. The normalized spacial score (nSPS) is 16.6. The van der Waals surface area contributed by atoms with E-state index in [1.807, 2.05) is 54.6 Å². The summed E-state index contributed by atoms with van der Waals surface area (Å²) in [6.07, 6.45) is 1.80. The molecular formula is C25H26N2O4S. The molecule has 1 saturated heterocycles. The average molecular weight is 451 g/mol. The Morgan fingerprint density at radius 2 is 1.69 bits per heavy atom. The van der Waals surface area contributed by atoms with Crippen LogP contribution in [0.2, 0.25) is 0 Å². The Morgan fingerprint density at radius 1 is 1.00 bits per heavy atom. The number of carbonyl (C=O) groups is 1. The van der Waals surface area contributed by atoms with Crippen LogP contribution in [0, 0.1) is 0 Å². The van der Waals surface area contributed by atoms with Gasteiger partial charge in [-0.3, -0.25) is 4.79 Å². The number of rotatable bonds is 7. The van der Waals surface area contributed by atoms with E-state index in [0.29, 0.717) is 37.2 Å². The quantitative estimate of drug-likeness (QED) is 0.589. The molecule has 0 bridgehead atoms. The lowest BCUT2D eigenvalue weighted by atomic mass is 10.0. The highest BCUT2D eigenvalue weighted by Crippen LogP contribution is 2.29. The molecule has 1 heterocycles. The molecule has 32 heavy (non-hydrogen) atoms. The van der Waals surface area contributed by atoms with E-state index in [0.717, 1.165) is 11.1 Å². The SMILES string of the molecule is COc1ccc(S(=O)(=O)N2CCC[C@@H]2C(=O)Nc2ccccc2Cc2ccccc2)cc1. The minimum absolute atomic E-state index is 0.155. The van der Waals surface area contributed by atoms with Gasteiger partial charge in [0, 0.05) is 12.2 Å². The molecule has 1 N–H and O–H groups in total. The van der Waals surface area contributed by atoms with Gasteiger partial charge in [-0.25, -0.2) is 8.42 Å². The lowest BCUT2D eigenvalue weighted by molar-refractivity contribution is -0.119. The first-order valence-corrected chi connectivity index (χ1v) is 12.0. The van der Waals surface area contributed by atoms with Crippen LogP contribution in [0.1, 0.15) is 24.0 Å². The van der Waals surface area contributed by atoms with Gasteiger partial charge in [0.05, 0.1) is 12.0 Å². The van der Waals surface area contributed by atoms with Crippen LogP contribution in [0.25, 0.3) is 0 Å². The fourth-order valence-corrected chi connectivity index (χ4v) is 5.66. The third-order valence-corrected chi connectivity index (χ3v) is 7.61. The fourth-order valence-electron chi connectivity index (χ4n) is 4.00. The van der Waals surface area contributed by atoms with Crippen molar-refractivity contribution in [1.29, 1.82) is 0 Å². The highest BCUT2D eigenvalue weighted by atomic mass is 32.2. The van der Waals surface area contributed by atoms with E-state index < -0.39 is 16.1 Å². The third-order valence-electron chi connectivity index (χ3n) is 5.68. The van der Waals surface area contributed by atoms with Crippen molar-refractivity contribution >= 4 is 21.6 Å². The smallest absolute Gasteiger partial charge is 0.243 e. The number of amides is 1. The molecule has 0 aromatic heterocycles. The van der Waals surface area contributed by atoms with Gasteiger partial charge >= 0.3 is 0 Å². The summed E-state index contributed by atoms with van der Waals surface area (Å²) in [6.45, 7) is 0.318. The van der Waals surface area contributed by atoms with E-state index in [-0.39, 0.29) is 10.8 Å². The highest BCUT2D eigenvalue weighted by Gasteiger charge is 2.39. The van der Waals surface area contributed by atoms with Crippen LogP contribution in [0.5, 0.6) is 5.75 Å². The summed E-state index contributed by atoms with van der Waals surface area (Å²) in [6, 6.07) is 23.1. The lowest BCUT2D eigenvalue weighted by Crippen LogP contribution is -2.43. The number of anilines is 1. The summed E-state index contributed by atoms with van der Waals surface area (Å²) >= 11 is 0. The number of ether oxygens (including phenoxy) is 1. The Kier molecular flexibility index (Phi) is 6.58. The zero-order valence-electron chi connectivity index (χ0n) is 17.9. The molecule has 1 aliphatic heterocycles. The first kappa shape index (κ1) is 22.0. The van der Waals surface area contributed by atoms with Crippen molar-refractivity contribution in [3.05, 3.63) is 90.0 Å². The van der Waals surface area contributed by atoms with E-state index in [1.54, 1.807) is 12.1 Å². The molecule has 1 atom stereocenters. The van der Waals surface area contributed by atoms with E-state index in [2.05, 4.69) is 5.32 Å². The molecule has 0 unspecified atom stereocenters. The molecule has 7 heteroatoms. The number of nitrogens with zero attached hydrogens (tertiary/aromatic N) is 1. The van der Waals surface area contributed by atoms with Gasteiger partial charge in [-0.1, -0.05) is 48.5 Å². The number of hydrogen-bond acceptors (Lipinski definition) is 4. The summed E-state index contributed by atoms with van der Waals surface area (Å²) in [5, 5.41) is 2.98. The van der Waals surface area contributed by atoms with E-state index in [9.17, 15) is 13.2 Å². The molecule has 1 fully saturated rings. The molecule has 1 aliphatic rings. The maximum Gasteiger partial charge on any atom is 0.243 e. The van der Waals surface area contributed by atoms with Crippen LogP contribution in [-0.4, -0.2) is 38.3 Å². The monoisotopic (exact) mass is 450 g/mol. The maximum absolute atomic E-state index is 13.2. The number of benzene rings is 3. The van der Waals surface area contributed by atoms with Crippen LogP contribution >= 0.6 is 0 Å². The number of sulfonamides is 1. The minimum Gasteiger partial charge on any atom is -0.497 e. The van der Waals surface area contributed by atoms with Crippen molar-refractivity contribution in [3.63, 3.8) is 0 Å². The van der Waals surface area contributed by atoms with Gasteiger partial charge in [-0.2, -0.15) is 4.31 Å². The predicted octanol–water partition coefficient (Wildman–Crippen LogP) is 4.08. The number of hydrogen-bond donors (Lipinski definition) is 1. The van der Waals surface area contributed by atoms with E-state index in [1.165, 1.54) is 23.5 Å². The van der Waals surface area contributed by atoms with Gasteiger partial charge in [0.15, 0.2) is 0 Å². The number of methoxy groups -OCH3 is 1. The number of carbonyl (C=O) groups excluding carboxylic acids is 1. The second-order valence-electron chi connectivity index (χ2n) is 7.76. The first-order valence-electron chi connectivity index (χ1n) is 10.6. The molecule has 3 aromatic rings. The zero-order valence-corrected chi connectivity index (χ0v) is 18.7. The number of nitrogens with one attached hydrogen (secondary N) is 1. The van der Waals surface area contributed by atoms with Crippen molar-refractivity contribution in [2.24, 2.45) is 0 Å². The van der Waals surface area contributed by atoms with Crippen LogP contribution in [0.3, 0.4) is 0 Å². The van der Waals surface area contributed by atoms with Gasteiger partial charge in [0.25, 0.3) is 0 Å².